The minimum Gasteiger partial charge on any atom is -0.355 e. The number of nitriles is 1. The Morgan fingerprint density at radius 1 is 1.22 bits per heavy atom. The van der Waals surface area contributed by atoms with E-state index in [1.165, 1.54) is 6.07 Å². The van der Waals surface area contributed by atoms with Crippen molar-refractivity contribution in [2.75, 3.05) is 18.0 Å². The molecule has 1 aliphatic heterocycles. The summed E-state index contributed by atoms with van der Waals surface area (Å²) in [5, 5.41) is 20.4. The van der Waals surface area contributed by atoms with E-state index in [2.05, 4.69) is 45.1 Å². The van der Waals surface area contributed by atoms with E-state index in [-0.39, 0.29) is 27.9 Å². The molecule has 10 nitrogen and oxygen atoms in total. The Labute approximate surface area is 216 Å². The monoisotopic (exact) mass is 548 g/mol. The molecule has 37 heavy (non-hydrogen) atoms. The van der Waals surface area contributed by atoms with Gasteiger partial charge in [0.15, 0.2) is 10.0 Å². The number of hydrogen-bond donors (Lipinski definition) is 2. The van der Waals surface area contributed by atoms with E-state index in [9.17, 15) is 22.5 Å². The zero-order chi connectivity index (χ0) is 26.1. The van der Waals surface area contributed by atoms with Gasteiger partial charge in [0.2, 0.25) is 10.0 Å². The van der Waals surface area contributed by atoms with Gasteiger partial charge in [-0.1, -0.05) is 11.3 Å². The molecule has 0 bridgehead atoms. The van der Waals surface area contributed by atoms with Gasteiger partial charge in [0.1, 0.15) is 22.9 Å². The van der Waals surface area contributed by atoms with Crippen molar-refractivity contribution in [2.24, 2.45) is 0 Å². The van der Waals surface area contributed by atoms with Crippen molar-refractivity contribution in [1.82, 2.24) is 29.6 Å². The number of rotatable bonds is 7. The van der Waals surface area contributed by atoms with E-state index in [4.69, 9.17) is 4.98 Å². The van der Waals surface area contributed by atoms with Crippen LogP contribution in [0.2, 0.25) is 0 Å². The molecular weight excluding hydrogens is 522 g/mol. The van der Waals surface area contributed by atoms with Crippen molar-refractivity contribution in [3.8, 4) is 16.8 Å². The Morgan fingerprint density at radius 2 is 1.92 bits per heavy atom. The Kier molecular flexibility index (Phi) is 5.75. The summed E-state index contributed by atoms with van der Waals surface area (Å²) in [5.74, 6) is 1.62. The average molecular weight is 549 g/mol. The molecule has 2 aliphatic carbocycles. The molecule has 4 heterocycles. The SMILES string of the molecule is C[C@H]1CN(c2cc(S(=O)(=O)NC3(C#N)CC3)cc3c(-c4nnc(C(F)F)s4)nc(C4CC4)n23)C[C@H](C)N1. The van der Waals surface area contributed by atoms with Crippen LogP contribution in [0.1, 0.15) is 62.7 Å². The Hall–Kier alpha value is -2.73. The molecule has 3 fully saturated rings. The Bertz CT molecular complexity index is 1510. The number of anilines is 1. The van der Waals surface area contributed by atoms with E-state index < -0.39 is 27.0 Å². The molecule has 0 amide bonds. The lowest BCUT2D eigenvalue weighted by Crippen LogP contribution is -2.54. The molecule has 0 unspecified atom stereocenters. The molecule has 6 rings (SSSR count). The molecule has 0 radical (unpaired) electrons. The van der Waals surface area contributed by atoms with Crippen LogP contribution in [0.4, 0.5) is 14.6 Å². The highest BCUT2D eigenvalue weighted by Gasteiger charge is 2.47. The molecule has 1 saturated heterocycles. The summed E-state index contributed by atoms with van der Waals surface area (Å²) in [6.07, 6.45) is 0.0301. The van der Waals surface area contributed by atoms with Crippen LogP contribution in [-0.4, -0.2) is 58.7 Å². The lowest BCUT2D eigenvalue weighted by molar-refractivity contribution is 0.150. The van der Waals surface area contributed by atoms with Crippen LogP contribution in [0, 0.1) is 11.3 Å². The first-order chi connectivity index (χ1) is 17.6. The molecule has 196 valence electrons. The van der Waals surface area contributed by atoms with Gasteiger partial charge < -0.3 is 10.2 Å². The van der Waals surface area contributed by atoms with E-state index in [1.54, 1.807) is 6.07 Å². The van der Waals surface area contributed by atoms with Gasteiger partial charge in [-0.05, 0) is 51.7 Å². The number of fused-ring (bicyclic) bond motifs is 1. The van der Waals surface area contributed by atoms with Crippen molar-refractivity contribution in [1.29, 1.82) is 5.26 Å². The Balaban J connectivity index is 1.58. The topological polar surface area (TPSA) is 128 Å². The predicted octanol–water partition coefficient (Wildman–Crippen LogP) is 3.19. The lowest BCUT2D eigenvalue weighted by atomic mass is 10.1. The first kappa shape index (κ1) is 24.6. The molecule has 2 N–H and O–H groups in total. The van der Waals surface area contributed by atoms with Crippen LogP contribution in [0.25, 0.3) is 16.2 Å². The molecule has 2 saturated carbocycles. The quantitative estimate of drug-likeness (QED) is 0.461. The summed E-state index contributed by atoms with van der Waals surface area (Å²) in [6, 6.07) is 5.53. The number of alkyl halides is 2. The second-order valence-electron chi connectivity index (χ2n) is 10.3. The molecule has 0 aromatic carbocycles. The summed E-state index contributed by atoms with van der Waals surface area (Å²) in [5.41, 5.74) is -0.281. The third-order valence-corrected chi connectivity index (χ3v) is 9.43. The van der Waals surface area contributed by atoms with E-state index in [0.29, 0.717) is 43.0 Å². The van der Waals surface area contributed by atoms with Crippen LogP contribution in [0.3, 0.4) is 0 Å². The normalized spacial score (nSPS) is 23.5. The summed E-state index contributed by atoms with van der Waals surface area (Å²) >= 11 is 0.754. The summed E-state index contributed by atoms with van der Waals surface area (Å²) in [7, 11) is -4.06. The highest BCUT2D eigenvalue weighted by Crippen LogP contribution is 2.44. The third kappa shape index (κ3) is 4.47. The number of pyridine rings is 1. The maximum Gasteiger partial charge on any atom is 0.291 e. The van der Waals surface area contributed by atoms with Crippen molar-refractivity contribution in [3.05, 3.63) is 23.0 Å². The molecular formula is C23H26F2N8O2S2. The second-order valence-corrected chi connectivity index (χ2v) is 13.0. The summed E-state index contributed by atoms with van der Waals surface area (Å²) in [6.45, 7) is 5.43. The first-order valence-electron chi connectivity index (χ1n) is 12.2. The van der Waals surface area contributed by atoms with Gasteiger partial charge in [0.05, 0.1) is 16.5 Å². The van der Waals surface area contributed by atoms with Crippen molar-refractivity contribution >= 4 is 32.7 Å². The Morgan fingerprint density at radius 3 is 2.49 bits per heavy atom. The van der Waals surface area contributed by atoms with Gasteiger partial charge in [0.25, 0.3) is 6.43 Å². The fourth-order valence-electron chi connectivity index (χ4n) is 4.96. The molecule has 3 aromatic heterocycles. The van der Waals surface area contributed by atoms with Crippen LogP contribution in [-0.2, 0) is 10.0 Å². The number of nitrogens with one attached hydrogen (secondary N) is 2. The average Bonchev–Trinajstić information content (AvgIpc) is 3.74. The molecule has 0 spiro atoms. The molecule has 3 aliphatic rings. The van der Waals surface area contributed by atoms with Gasteiger partial charge in [-0.15, -0.1) is 10.2 Å². The van der Waals surface area contributed by atoms with Gasteiger partial charge in [-0.3, -0.25) is 4.40 Å². The maximum absolute atomic E-state index is 13.5. The third-order valence-electron chi connectivity index (χ3n) is 6.98. The van der Waals surface area contributed by atoms with Crippen LogP contribution in [0.15, 0.2) is 17.0 Å². The van der Waals surface area contributed by atoms with Crippen molar-refractivity contribution in [2.45, 2.75) is 74.4 Å². The number of sulfonamides is 1. The lowest BCUT2D eigenvalue weighted by Gasteiger charge is -2.38. The van der Waals surface area contributed by atoms with E-state index >= 15 is 0 Å². The zero-order valence-electron chi connectivity index (χ0n) is 20.3. The minimum absolute atomic E-state index is 0.00235. The fraction of sp³-hybridized carbons (Fsp3) is 0.565. The molecule has 14 heteroatoms. The zero-order valence-corrected chi connectivity index (χ0v) is 21.9. The number of imidazole rings is 1. The largest absolute Gasteiger partial charge is 0.355 e. The molecule has 2 atom stereocenters. The fourth-order valence-corrected chi connectivity index (χ4v) is 7.07. The van der Waals surface area contributed by atoms with Gasteiger partial charge in [-0.25, -0.2) is 22.2 Å². The standard InChI is InChI=1S/C23H26F2N8O2S2/c1-12-9-32(10-13(2)27-12)17-8-15(37(34,35)31-23(11-26)5-6-23)7-16-18(21-29-30-22(36-21)19(24)25)28-20(33(16)17)14-3-4-14/h7-8,12-14,19,27,31H,3-6,9-10H2,1-2H3/t12-,13-/m0/s1. The van der Waals surface area contributed by atoms with Crippen LogP contribution >= 0.6 is 11.3 Å². The number of aromatic nitrogens is 4. The van der Waals surface area contributed by atoms with Crippen LogP contribution < -0.4 is 14.9 Å². The number of hydrogen-bond acceptors (Lipinski definition) is 9. The summed E-state index contributed by atoms with van der Waals surface area (Å²) < 4.78 is 58.1. The summed E-state index contributed by atoms with van der Waals surface area (Å²) in [4.78, 5) is 6.96. The van der Waals surface area contributed by atoms with Crippen molar-refractivity contribution in [3.63, 3.8) is 0 Å². The number of nitrogens with zero attached hydrogens (tertiary/aromatic N) is 6. The van der Waals surface area contributed by atoms with E-state index in [0.717, 1.165) is 30.0 Å². The van der Waals surface area contributed by atoms with Gasteiger partial charge in [-0.2, -0.15) is 9.98 Å². The highest BCUT2D eigenvalue weighted by molar-refractivity contribution is 7.89. The van der Waals surface area contributed by atoms with E-state index in [1.807, 2.05) is 4.40 Å². The smallest absolute Gasteiger partial charge is 0.291 e. The van der Waals surface area contributed by atoms with Crippen LogP contribution in [0.5, 0.6) is 0 Å². The van der Waals surface area contributed by atoms with Crippen molar-refractivity contribution < 1.29 is 17.2 Å². The second kappa shape index (κ2) is 8.65. The predicted molar refractivity (Wildman–Crippen MR) is 133 cm³/mol. The minimum atomic E-state index is -4.06. The number of halogens is 2. The first-order valence-corrected chi connectivity index (χ1v) is 14.5. The highest BCUT2D eigenvalue weighted by atomic mass is 32.2. The maximum atomic E-state index is 13.5. The molecule has 3 aromatic rings. The van der Waals surface area contributed by atoms with Gasteiger partial charge >= 0.3 is 0 Å². The van der Waals surface area contributed by atoms with Gasteiger partial charge in [0, 0.05) is 31.1 Å². The number of piperazine rings is 1.